The number of hydrogen-bond donors (Lipinski definition) is 1. The van der Waals surface area contributed by atoms with E-state index in [4.69, 9.17) is 5.73 Å². The Hall–Kier alpha value is -0.0500. The van der Waals surface area contributed by atoms with Crippen LogP contribution >= 0.6 is 15.9 Å². The Balaban J connectivity index is 2.85. The highest BCUT2D eigenvalue weighted by Gasteiger charge is 1.93. The normalized spacial score (nSPS) is 9.91. The molecule has 0 aliphatic heterocycles. The highest BCUT2D eigenvalue weighted by molar-refractivity contribution is 9.09. The van der Waals surface area contributed by atoms with Crippen LogP contribution in [0, 0.1) is 0 Å². The number of carbonyl (C=O) groups is 1. The average molecular weight is 222 g/mol. The molecule has 0 rings (SSSR count). The molecule has 0 aromatic carbocycles. The van der Waals surface area contributed by atoms with Crippen molar-refractivity contribution in [3.05, 3.63) is 0 Å². The Kier molecular flexibility index (Phi) is 8.01. The van der Waals surface area contributed by atoms with Crippen molar-refractivity contribution in [2.75, 3.05) is 5.33 Å². The van der Waals surface area contributed by atoms with Gasteiger partial charge in [-0.05, 0) is 12.8 Å². The third-order valence-electron chi connectivity index (χ3n) is 1.56. The smallest absolute Gasteiger partial charge is 0.217 e. The van der Waals surface area contributed by atoms with Gasteiger partial charge in [-0.25, -0.2) is 0 Å². The van der Waals surface area contributed by atoms with Gasteiger partial charge in [0.15, 0.2) is 0 Å². The molecule has 3 heteroatoms. The van der Waals surface area contributed by atoms with E-state index in [9.17, 15) is 4.79 Å². The zero-order valence-corrected chi connectivity index (χ0v) is 8.40. The molecule has 0 spiro atoms. The summed E-state index contributed by atoms with van der Waals surface area (Å²) in [5.74, 6) is -0.175. The van der Waals surface area contributed by atoms with Gasteiger partial charge >= 0.3 is 0 Å². The zero-order chi connectivity index (χ0) is 8.53. The van der Waals surface area contributed by atoms with Crippen LogP contribution in [0.5, 0.6) is 0 Å². The maximum atomic E-state index is 10.3. The molecule has 0 aromatic rings. The molecule has 0 unspecified atom stereocenters. The van der Waals surface area contributed by atoms with Gasteiger partial charge in [-0.1, -0.05) is 35.2 Å². The summed E-state index contributed by atoms with van der Waals surface area (Å²) in [6.07, 6.45) is 6.35. The van der Waals surface area contributed by atoms with Crippen molar-refractivity contribution in [1.82, 2.24) is 0 Å². The number of amides is 1. The van der Waals surface area contributed by atoms with E-state index in [0.717, 1.165) is 18.2 Å². The van der Waals surface area contributed by atoms with Crippen molar-refractivity contribution in [3.8, 4) is 0 Å². The number of carbonyl (C=O) groups excluding carboxylic acids is 1. The molecule has 0 bridgehead atoms. The quantitative estimate of drug-likeness (QED) is 0.520. The molecule has 0 saturated carbocycles. The van der Waals surface area contributed by atoms with Crippen molar-refractivity contribution in [2.45, 2.75) is 38.5 Å². The van der Waals surface area contributed by atoms with E-state index in [0.29, 0.717) is 6.42 Å². The van der Waals surface area contributed by atoms with Crippen LogP contribution in [-0.4, -0.2) is 11.2 Å². The third-order valence-corrected chi connectivity index (χ3v) is 2.12. The lowest BCUT2D eigenvalue weighted by atomic mass is 10.1. The Labute approximate surface area is 76.7 Å². The standard InChI is InChI=1S/C8H16BrNO/c9-7-5-3-1-2-4-6-8(10)11/h1-7H2,(H2,10,11). The second-order valence-electron chi connectivity index (χ2n) is 2.67. The lowest BCUT2D eigenvalue weighted by Crippen LogP contribution is -2.09. The fraction of sp³-hybridized carbons (Fsp3) is 0.875. The van der Waals surface area contributed by atoms with Crippen molar-refractivity contribution in [3.63, 3.8) is 0 Å². The van der Waals surface area contributed by atoms with Crippen molar-refractivity contribution < 1.29 is 4.79 Å². The van der Waals surface area contributed by atoms with Gasteiger partial charge in [-0.15, -0.1) is 0 Å². The van der Waals surface area contributed by atoms with Gasteiger partial charge in [-0.2, -0.15) is 0 Å². The van der Waals surface area contributed by atoms with Crippen LogP contribution in [0.25, 0.3) is 0 Å². The second-order valence-corrected chi connectivity index (χ2v) is 3.47. The lowest BCUT2D eigenvalue weighted by molar-refractivity contribution is -0.118. The summed E-state index contributed by atoms with van der Waals surface area (Å²) in [6.45, 7) is 0. The Morgan fingerprint density at radius 2 is 1.64 bits per heavy atom. The summed E-state index contributed by atoms with van der Waals surface area (Å²) >= 11 is 3.37. The number of hydrogen-bond acceptors (Lipinski definition) is 1. The van der Waals surface area contributed by atoms with Gasteiger partial charge in [-0.3, -0.25) is 4.79 Å². The molecule has 1 amide bonds. The minimum atomic E-state index is -0.175. The summed E-state index contributed by atoms with van der Waals surface area (Å²) in [4.78, 5) is 10.3. The van der Waals surface area contributed by atoms with Gasteiger partial charge in [0, 0.05) is 11.8 Å². The summed E-state index contributed by atoms with van der Waals surface area (Å²) in [6, 6.07) is 0. The fourth-order valence-corrected chi connectivity index (χ4v) is 1.32. The first-order valence-corrected chi connectivity index (χ1v) is 5.24. The Bertz CT molecular complexity index is 106. The number of primary amides is 1. The van der Waals surface area contributed by atoms with Crippen molar-refractivity contribution >= 4 is 21.8 Å². The topological polar surface area (TPSA) is 43.1 Å². The second kappa shape index (κ2) is 8.05. The highest BCUT2D eigenvalue weighted by Crippen LogP contribution is 2.05. The van der Waals surface area contributed by atoms with Gasteiger partial charge < -0.3 is 5.73 Å². The molecule has 0 heterocycles. The molecule has 2 N–H and O–H groups in total. The molecule has 0 saturated heterocycles. The average Bonchev–Trinajstić information content (AvgIpc) is 1.96. The predicted octanol–water partition coefficient (Wildman–Crippen LogP) is 2.21. The summed E-state index contributed by atoms with van der Waals surface area (Å²) in [5, 5.41) is 1.09. The third kappa shape index (κ3) is 9.95. The van der Waals surface area contributed by atoms with E-state index in [1.54, 1.807) is 0 Å². The molecule has 11 heavy (non-hydrogen) atoms. The minimum Gasteiger partial charge on any atom is -0.370 e. The largest absolute Gasteiger partial charge is 0.370 e. The maximum absolute atomic E-state index is 10.3. The zero-order valence-electron chi connectivity index (χ0n) is 6.81. The van der Waals surface area contributed by atoms with E-state index < -0.39 is 0 Å². The van der Waals surface area contributed by atoms with Crippen LogP contribution in [-0.2, 0) is 4.79 Å². The van der Waals surface area contributed by atoms with Crippen molar-refractivity contribution in [1.29, 1.82) is 0 Å². The molecule has 0 aromatic heterocycles. The van der Waals surface area contributed by atoms with Crippen molar-refractivity contribution in [2.24, 2.45) is 5.73 Å². The van der Waals surface area contributed by atoms with Gasteiger partial charge in [0.05, 0.1) is 0 Å². The van der Waals surface area contributed by atoms with Crippen LogP contribution in [0.3, 0.4) is 0 Å². The lowest BCUT2D eigenvalue weighted by Gasteiger charge is -1.97. The van der Waals surface area contributed by atoms with E-state index in [1.807, 2.05) is 0 Å². The fourth-order valence-electron chi connectivity index (χ4n) is 0.924. The molecular formula is C8H16BrNO. The van der Waals surface area contributed by atoms with E-state index >= 15 is 0 Å². The van der Waals surface area contributed by atoms with Gasteiger partial charge in [0.2, 0.25) is 5.91 Å². The van der Waals surface area contributed by atoms with Gasteiger partial charge in [0.25, 0.3) is 0 Å². The monoisotopic (exact) mass is 221 g/mol. The number of unbranched alkanes of at least 4 members (excludes halogenated alkanes) is 4. The first-order valence-electron chi connectivity index (χ1n) is 4.11. The Morgan fingerprint density at radius 1 is 1.09 bits per heavy atom. The molecule has 0 atom stereocenters. The molecule has 0 radical (unpaired) electrons. The molecule has 0 fully saturated rings. The van der Waals surface area contributed by atoms with Crippen LogP contribution in [0.2, 0.25) is 0 Å². The van der Waals surface area contributed by atoms with E-state index in [-0.39, 0.29) is 5.91 Å². The van der Waals surface area contributed by atoms with Crippen LogP contribution in [0.1, 0.15) is 38.5 Å². The predicted molar refractivity (Wildman–Crippen MR) is 50.7 cm³/mol. The van der Waals surface area contributed by atoms with Crippen LogP contribution in [0.4, 0.5) is 0 Å². The van der Waals surface area contributed by atoms with Crippen LogP contribution < -0.4 is 5.73 Å². The molecular weight excluding hydrogens is 206 g/mol. The maximum Gasteiger partial charge on any atom is 0.217 e. The summed E-state index contributed by atoms with van der Waals surface area (Å²) < 4.78 is 0. The first kappa shape index (κ1) is 11.0. The molecule has 66 valence electrons. The number of rotatable bonds is 7. The van der Waals surface area contributed by atoms with E-state index in [2.05, 4.69) is 15.9 Å². The molecule has 0 aliphatic rings. The highest BCUT2D eigenvalue weighted by atomic mass is 79.9. The SMILES string of the molecule is NC(=O)CCCCCCCBr. The number of halogens is 1. The number of alkyl halides is 1. The van der Waals surface area contributed by atoms with Gasteiger partial charge in [0.1, 0.15) is 0 Å². The molecule has 0 aliphatic carbocycles. The number of nitrogens with two attached hydrogens (primary N) is 1. The summed E-state index contributed by atoms with van der Waals surface area (Å²) in [5.41, 5.74) is 4.99. The minimum absolute atomic E-state index is 0.175. The first-order chi connectivity index (χ1) is 5.27. The van der Waals surface area contributed by atoms with E-state index in [1.165, 1.54) is 19.3 Å². The summed E-state index contributed by atoms with van der Waals surface area (Å²) in [7, 11) is 0. The molecule has 2 nitrogen and oxygen atoms in total. The Morgan fingerprint density at radius 3 is 2.18 bits per heavy atom. The van der Waals surface area contributed by atoms with Crippen LogP contribution in [0.15, 0.2) is 0 Å².